The van der Waals surface area contributed by atoms with Gasteiger partial charge >= 0.3 is 10.8 Å². The minimum absolute atomic E-state index is 0.0534. The fourth-order valence-corrected chi connectivity index (χ4v) is 8.03. The van der Waals surface area contributed by atoms with Gasteiger partial charge in [-0.1, -0.05) is 34.7 Å². The van der Waals surface area contributed by atoms with Gasteiger partial charge in [0.15, 0.2) is 6.61 Å². The van der Waals surface area contributed by atoms with Crippen molar-refractivity contribution in [1.82, 2.24) is 4.98 Å². The van der Waals surface area contributed by atoms with Gasteiger partial charge in [0.05, 0.1) is 28.8 Å². The zero-order valence-corrected chi connectivity index (χ0v) is 25.8. The molecule has 3 heterocycles. The van der Waals surface area contributed by atoms with Crippen molar-refractivity contribution in [2.24, 2.45) is 5.92 Å². The Balaban J connectivity index is 1.33. The number of anilines is 2. The number of rotatable bonds is 8. The maximum atomic E-state index is 14.1. The summed E-state index contributed by atoms with van der Waals surface area (Å²) in [5.74, 6) is -3.39. The molecular weight excluding hydrogens is 642 g/mol. The molecule has 3 N–H and O–H groups in total. The third-order valence-electron chi connectivity index (χ3n) is 7.28. The van der Waals surface area contributed by atoms with Gasteiger partial charge in [0.1, 0.15) is 16.7 Å². The van der Waals surface area contributed by atoms with E-state index < -0.39 is 47.4 Å². The van der Waals surface area contributed by atoms with Crippen molar-refractivity contribution in [2.45, 2.75) is 23.1 Å². The van der Waals surface area contributed by atoms with E-state index >= 15 is 0 Å². The van der Waals surface area contributed by atoms with Gasteiger partial charge in [0.25, 0.3) is 5.91 Å². The Morgan fingerprint density at radius 2 is 1.76 bits per heavy atom. The number of fused-ring (bicyclic) bond motifs is 2. The second-order valence-corrected chi connectivity index (χ2v) is 12.7. The first-order chi connectivity index (χ1) is 21.6. The minimum atomic E-state index is -0.933. The highest BCUT2D eigenvalue weighted by Gasteiger charge is 2.57. The van der Waals surface area contributed by atoms with Gasteiger partial charge in [-0.15, -0.1) is 0 Å². The number of phenols is 1. The molecule has 0 aliphatic carbocycles. The van der Waals surface area contributed by atoms with E-state index in [0.29, 0.717) is 26.2 Å². The molecule has 0 unspecified atom stereocenters. The molecule has 3 atom stereocenters. The van der Waals surface area contributed by atoms with Crippen molar-refractivity contribution in [3.05, 3.63) is 97.4 Å². The van der Waals surface area contributed by atoms with Crippen LogP contribution in [0.4, 0.5) is 11.4 Å². The molecule has 4 aromatic rings. The van der Waals surface area contributed by atoms with E-state index in [1.54, 1.807) is 25.1 Å². The number of aromatic amines is 1. The number of benzene rings is 3. The van der Waals surface area contributed by atoms with Gasteiger partial charge < -0.3 is 24.9 Å². The number of amides is 3. The molecule has 1 aromatic heterocycles. The molecule has 230 valence electrons. The van der Waals surface area contributed by atoms with Crippen molar-refractivity contribution in [3.63, 3.8) is 0 Å². The highest BCUT2D eigenvalue weighted by Crippen LogP contribution is 2.54. The minimum Gasteiger partial charge on any atom is -0.508 e. The number of aromatic nitrogens is 1. The maximum Gasteiger partial charge on any atom is 0.338 e. The Bertz CT molecular complexity index is 1870. The van der Waals surface area contributed by atoms with Gasteiger partial charge in [-0.2, -0.15) is 0 Å². The van der Waals surface area contributed by atoms with Crippen LogP contribution in [-0.4, -0.2) is 52.2 Å². The fraction of sp³-hybridized carbons (Fsp3) is 0.194. The van der Waals surface area contributed by atoms with Gasteiger partial charge in [-0.3, -0.25) is 19.2 Å². The highest BCUT2D eigenvalue weighted by atomic mass is 35.5. The van der Waals surface area contributed by atoms with Crippen molar-refractivity contribution in [3.8, 4) is 11.5 Å². The predicted molar refractivity (Wildman–Crippen MR) is 168 cm³/mol. The Labute approximate surface area is 269 Å². The number of aromatic hydroxyl groups is 1. The van der Waals surface area contributed by atoms with Crippen LogP contribution in [0.25, 0.3) is 0 Å². The topological polar surface area (TPSA) is 155 Å². The van der Waals surface area contributed by atoms with E-state index in [4.69, 9.17) is 21.1 Å². The number of hydrogen-bond acceptors (Lipinski definition) is 10. The molecule has 45 heavy (non-hydrogen) atoms. The number of hydrogen-bond donors (Lipinski definition) is 3. The summed E-state index contributed by atoms with van der Waals surface area (Å²) < 4.78 is 11.0. The molecule has 0 bridgehead atoms. The molecule has 2 aliphatic heterocycles. The Kier molecular flexibility index (Phi) is 8.40. The number of carbonyl (C=O) groups is 4. The fourth-order valence-electron chi connectivity index (χ4n) is 5.35. The van der Waals surface area contributed by atoms with Gasteiger partial charge in [-0.05, 0) is 73.7 Å². The van der Waals surface area contributed by atoms with Crippen LogP contribution in [0.15, 0.2) is 76.6 Å². The first-order valence-electron chi connectivity index (χ1n) is 13.7. The molecule has 0 radical (unpaired) electrons. The Morgan fingerprint density at radius 1 is 1.02 bits per heavy atom. The van der Waals surface area contributed by atoms with E-state index in [1.807, 2.05) is 0 Å². The largest absolute Gasteiger partial charge is 0.508 e. The number of phenolic OH excluding ortho intramolecular Hbond substituents is 1. The van der Waals surface area contributed by atoms with Crippen molar-refractivity contribution in [1.29, 1.82) is 0 Å². The number of nitrogens with zero attached hydrogens (tertiary/aromatic N) is 1. The maximum absolute atomic E-state index is 14.1. The van der Waals surface area contributed by atoms with Crippen LogP contribution in [0.2, 0.25) is 5.02 Å². The molecule has 1 saturated heterocycles. The standard InChI is InChI=1S/C31H24ClN3O8S2/c1-2-42-30(40)15-3-8-18(9-4-15)35-28(38)24-23(25-27(34-31(41)45-25)44-26(24)29(35)39)20-13-16(32)5-12-21(20)43-14-22(37)33-17-6-10-19(36)11-7-17/h3-13,23-24,26,36H,2,14H2,1H3,(H,33,37)(H,34,41)/t23-,24-,26+/m0/s1. The quantitative estimate of drug-likeness (QED) is 0.137. The average molecular weight is 666 g/mol. The lowest BCUT2D eigenvalue weighted by atomic mass is 9.82. The van der Waals surface area contributed by atoms with Crippen LogP contribution in [0.1, 0.15) is 33.6 Å². The summed E-state index contributed by atoms with van der Waals surface area (Å²) in [6, 6.07) is 16.7. The average Bonchev–Trinajstić information content (AvgIpc) is 3.51. The zero-order valence-electron chi connectivity index (χ0n) is 23.4. The first-order valence-corrected chi connectivity index (χ1v) is 15.8. The van der Waals surface area contributed by atoms with E-state index in [9.17, 15) is 29.1 Å². The first kappa shape index (κ1) is 30.4. The lowest BCUT2D eigenvalue weighted by Gasteiger charge is -2.31. The van der Waals surface area contributed by atoms with Gasteiger partial charge in [-0.25, -0.2) is 9.69 Å². The highest BCUT2D eigenvalue weighted by molar-refractivity contribution is 8.00. The molecular formula is C31H24ClN3O8S2. The molecule has 2 aliphatic rings. The van der Waals surface area contributed by atoms with Crippen LogP contribution in [0.5, 0.6) is 11.5 Å². The van der Waals surface area contributed by atoms with Crippen molar-refractivity contribution < 1.29 is 33.8 Å². The molecule has 6 rings (SSSR count). The van der Waals surface area contributed by atoms with Gasteiger partial charge in [0.2, 0.25) is 11.8 Å². The summed E-state index contributed by atoms with van der Waals surface area (Å²) in [5, 5.41) is 12.1. The summed E-state index contributed by atoms with van der Waals surface area (Å²) >= 11 is 8.47. The number of nitrogens with one attached hydrogen (secondary N) is 2. The molecule has 0 saturated carbocycles. The van der Waals surface area contributed by atoms with Crippen LogP contribution in [-0.2, 0) is 19.1 Å². The smallest absolute Gasteiger partial charge is 0.338 e. The molecule has 3 amide bonds. The number of carbonyl (C=O) groups excluding carboxylic acids is 4. The van der Waals surface area contributed by atoms with Gasteiger partial charge in [0, 0.05) is 27.1 Å². The number of thiazole rings is 1. The number of imide groups is 1. The van der Waals surface area contributed by atoms with E-state index in [1.165, 1.54) is 48.5 Å². The second kappa shape index (κ2) is 12.4. The second-order valence-electron chi connectivity index (χ2n) is 10.1. The normalized spacial score (nSPS) is 18.7. The monoisotopic (exact) mass is 665 g/mol. The van der Waals surface area contributed by atoms with E-state index in [0.717, 1.165) is 28.0 Å². The Morgan fingerprint density at radius 3 is 2.47 bits per heavy atom. The molecule has 1 fully saturated rings. The zero-order chi connectivity index (χ0) is 31.8. The van der Waals surface area contributed by atoms with Crippen LogP contribution < -0.4 is 19.8 Å². The summed E-state index contributed by atoms with van der Waals surface area (Å²) in [4.78, 5) is 69.3. The summed E-state index contributed by atoms with van der Waals surface area (Å²) in [6.45, 7) is 1.50. The van der Waals surface area contributed by atoms with Crippen molar-refractivity contribution >= 4 is 69.8 Å². The SMILES string of the molecule is CCOC(=O)c1ccc(N2C(=O)[C@H]3[C@H](c4cc(Cl)ccc4OCC(=O)Nc4ccc(O)cc4)c4sc(=O)[nH]c4S[C@H]3C2=O)cc1. The molecule has 14 heteroatoms. The van der Waals surface area contributed by atoms with Crippen LogP contribution >= 0.6 is 34.7 Å². The molecule has 3 aromatic carbocycles. The molecule has 0 spiro atoms. The lowest BCUT2D eigenvalue weighted by molar-refractivity contribution is -0.122. The third-order valence-corrected chi connectivity index (χ3v) is 9.91. The predicted octanol–water partition coefficient (Wildman–Crippen LogP) is 4.79. The lowest BCUT2D eigenvalue weighted by Crippen LogP contribution is -2.32. The van der Waals surface area contributed by atoms with Crippen molar-refractivity contribution in [2.75, 3.05) is 23.4 Å². The van der Waals surface area contributed by atoms with E-state index in [2.05, 4.69) is 10.3 Å². The van der Waals surface area contributed by atoms with Crippen LogP contribution in [0, 0.1) is 5.92 Å². The summed E-state index contributed by atoms with van der Waals surface area (Å²) in [6.07, 6.45) is 0. The Hall–Kier alpha value is -4.59. The number of halogens is 1. The van der Waals surface area contributed by atoms with Crippen LogP contribution in [0.3, 0.4) is 0 Å². The molecule has 11 nitrogen and oxygen atoms in total. The number of ether oxygens (including phenoxy) is 2. The summed E-state index contributed by atoms with van der Waals surface area (Å²) in [5.41, 5.74) is 1.46. The third kappa shape index (κ3) is 5.93. The summed E-state index contributed by atoms with van der Waals surface area (Å²) in [7, 11) is 0. The number of thioether (sulfide) groups is 1. The number of esters is 1. The van der Waals surface area contributed by atoms with E-state index in [-0.39, 0.29) is 34.2 Å². The number of H-pyrrole nitrogens is 1.